The summed E-state index contributed by atoms with van der Waals surface area (Å²) in [5.41, 5.74) is 2.41. The lowest BCUT2D eigenvalue weighted by atomic mass is 10.1. The van der Waals surface area contributed by atoms with Crippen LogP contribution in [0.2, 0.25) is 5.02 Å². The van der Waals surface area contributed by atoms with Crippen LogP contribution in [0.15, 0.2) is 80.6 Å². The summed E-state index contributed by atoms with van der Waals surface area (Å²) in [7, 11) is 0. The zero-order chi connectivity index (χ0) is 22.7. The lowest BCUT2D eigenvalue weighted by Crippen LogP contribution is -2.27. The Kier molecular flexibility index (Phi) is 7.40. The molecule has 1 aliphatic rings. The second-order valence-electron chi connectivity index (χ2n) is 6.92. The number of imide groups is 1. The molecule has 1 fully saturated rings. The van der Waals surface area contributed by atoms with Crippen molar-refractivity contribution in [1.29, 1.82) is 0 Å². The highest BCUT2D eigenvalue weighted by Crippen LogP contribution is 2.36. The van der Waals surface area contributed by atoms with E-state index >= 15 is 0 Å². The maximum absolute atomic E-state index is 13.0. The van der Waals surface area contributed by atoms with Gasteiger partial charge >= 0.3 is 0 Å². The number of hydrogen-bond donors (Lipinski definition) is 0. The number of amides is 2. The summed E-state index contributed by atoms with van der Waals surface area (Å²) in [6.07, 6.45) is 1.69. The summed E-state index contributed by atoms with van der Waals surface area (Å²) in [6.45, 7) is 0.490. The predicted molar refractivity (Wildman–Crippen MR) is 136 cm³/mol. The van der Waals surface area contributed by atoms with Gasteiger partial charge < -0.3 is 4.74 Å². The van der Waals surface area contributed by atoms with Gasteiger partial charge in [0.2, 0.25) is 0 Å². The molecule has 3 aromatic rings. The van der Waals surface area contributed by atoms with E-state index in [4.69, 9.17) is 16.3 Å². The monoisotopic (exact) mass is 591 g/mol. The van der Waals surface area contributed by atoms with Crippen molar-refractivity contribution in [3.8, 4) is 5.75 Å². The first kappa shape index (κ1) is 23.1. The van der Waals surface area contributed by atoms with Gasteiger partial charge in [-0.15, -0.1) is 0 Å². The second-order valence-corrected chi connectivity index (χ2v) is 10.1. The number of ether oxygens (including phenoxy) is 1. The zero-order valence-corrected chi connectivity index (χ0v) is 21.3. The first-order valence-electron chi connectivity index (χ1n) is 9.57. The summed E-state index contributed by atoms with van der Waals surface area (Å²) in [5.74, 6) is 0.263. The lowest BCUT2D eigenvalue weighted by Gasteiger charge is -2.13. The Morgan fingerprint density at radius 1 is 0.969 bits per heavy atom. The number of thioether (sulfide) groups is 1. The average Bonchev–Trinajstić information content (AvgIpc) is 3.03. The Balaban J connectivity index is 1.57. The van der Waals surface area contributed by atoms with Crippen molar-refractivity contribution >= 4 is 72.4 Å². The molecule has 8 heteroatoms. The summed E-state index contributed by atoms with van der Waals surface area (Å²) in [6, 6.07) is 20.5. The van der Waals surface area contributed by atoms with E-state index in [9.17, 15) is 9.59 Å². The van der Waals surface area contributed by atoms with Crippen LogP contribution in [-0.4, -0.2) is 16.0 Å². The van der Waals surface area contributed by atoms with Crippen LogP contribution in [0, 0.1) is 0 Å². The van der Waals surface area contributed by atoms with Gasteiger partial charge in [-0.3, -0.25) is 14.5 Å². The molecule has 0 spiro atoms. The molecule has 3 aromatic carbocycles. The first-order valence-corrected chi connectivity index (χ1v) is 12.3. The summed E-state index contributed by atoms with van der Waals surface area (Å²) in [4.78, 5) is 27.1. The average molecular weight is 594 g/mol. The number of hydrogen-bond acceptors (Lipinski definition) is 4. The van der Waals surface area contributed by atoms with Gasteiger partial charge in [0.25, 0.3) is 11.1 Å². The minimum absolute atomic E-state index is 0.206. The van der Waals surface area contributed by atoms with Crippen LogP contribution >= 0.6 is 55.2 Å². The third-order valence-corrected chi connectivity index (χ3v) is 7.30. The van der Waals surface area contributed by atoms with Crippen LogP contribution in [0.1, 0.15) is 16.7 Å². The fourth-order valence-corrected chi connectivity index (χ4v) is 4.92. The number of nitrogens with zero attached hydrogens (tertiary/aromatic N) is 1. The van der Waals surface area contributed by atoms with Gasteiger partial charge in [0.05, 0.1) is 11.4 Å². The molecule has 0 bridgehead atoms. The number of carbonyl (C=O) groups is 2. The minimum atomic E-state index is -0.326. The molecule has 0 atom stereocenters. The van der Waals surface area contributed by atoms with E-state index in [2.05, 4.69) is 31.9 Å². The van der Waals surface area contributed by atoms with Crippen molar-refractivity contribution in [3.63, 3.8) is 0 Å². The molecule has 0 unspecified atom stereocenters. The minimum Gasteiger partial charge on any atom is -0.488 e. The molecular formula is C24H16Br2ClNO3S. The predicted octanol–water partition coefficient (Wildman–Crippen LogP) is 7.68. The van der Waals surface area contributed by atoms with Crippen molar-refractivity contribution in [3.05, 3.63) is 102 Å². The molecule has 1 heterocycles. The van der Waals surface area contributed by atoms with Gasteiger partial charge in [0.1, 0.15) is 12.4 Å². The number of rotatable bonds is 6. The molecule has 0 aromatic heterocycles. The number of carbonyl (C=O) groups excluding carboxylic acids is 2. The second kappa shape index (κ2) is 10.3. The molecular weight excluding hydrogens is 578 g/mol. The van der Waals surface area contributed by atoms with E-state index in [1.807, 2.05) is 66.7 Å². The van der Waals surface area contributed by atoms with E-state index in [-0.39, 0.29) is 24.3 Å². The molecule has 0 saturated carbocycles. The highest BCUT2D eigenvalue weighted by atomic mass is 79.9. The van der Waals surface area contributed by atoms with Crippen molar-refractivity contribution in [2.24, 2.45) is 0 Å². The van der Waals surface area contributed by atoms with Crippen molar-refractivity contribution < 1.29 is 14.3 Å². The molecule has 0 radical (unpaired) electrons. The maximum Gasteiger partial charge on any atom is 0.293 e. The largest absolute Gasteiger partial charge is 0.488 e. The van der Waals surface area contributed by atoms with E-state index in [0.717, 1.165) is 31.8 Å². The number of benzene rings is 3. The Hall–Kier alpha value is -2.06. The molecule has 4 rings (SSSR count). The Morgan fingerprint density at radius 2 is 1.69 bits per heavy atom. The smallest absolute Gasteiger partial charge is 0.293 e. The molecule has 1 aliphatic heterocycles. The quantitative estimate of drug-likeness (QED) is 0.275. The van der Waals surface area contributed by atoms with Gasteiger partial charge in [0, 0.05) is 25.1 Å². The van der Waals surface area contributed by atoms with Crippen LogP contribution in [0.25, 0.3) is 6.08 Å². The van der Waals surface area contributed by atoms with Gasteiger partial charge in [-0.1, -0.05) is 79.9 Å². The third-order valence-electron chi connectivity index (χ3n) is 4.76. The van der Waals surface area contributed by atoms with E-state index in [1.165, 1.54) is 4.90 Å². The van der Waals surface area contributed by atoms with Crippen molar-refractivity contribution in [1.82, 2.24) is 4.90 Å². The molecule has 1 saturated heterocycles. The van der Waals surface area contributed by atoms with Gasteiger partial charge in [-0.25, -0.2) is 0 Å². The Bertz CT molecular complexity index is 1230. The summed E-state index contributed by atoms with van der Waals surface area (Å²) < 4.78 is 7.68. The van der Waals surface area contributed by atoms with E-state index in [1.54, 1.807) is 6.08 Å². The molecule has 162 valence electrons. The molecule has 4 nitrogen and oxygen atoms in total. The Labute approximate surface area is 211 Å². The maximum atomic E-state index is 13.0. The molecule has 0 aliphatic carbocycles. The summed E-state index contributed by atoms with van der Waals surface area (Å²) >= 11 is 14.1. The number of halogens is 3. The van der Waals surface area contributed by atoms with E-state index in [0.29, 0.717) is 21.2 Å². The zero-order valence-electron chi connectivity index (χ0n) is 16.6. The molecule has 2 amide bonds. The first-order chi connectivity index (χ1) is 15.4. The fraction of sp³-hybridized carbons (Fsp3) is 0.0833. The topological polar surface area (TPSA) is 46.6 Å². The van der Waals surface area contributed by atoms with Crippen LogP contribution in [0.3, 0.4) is 0 Å². The van der Waals surface area contributed by atoms with Crippen LogP contribution in [0.5, 0.6) is 5.75 Å². The van der Waals surface area contributed by atoms with Crippen molar-refractivity contribution in [2.75, 3.05) is 0 Å². The fourth-order valence-electron chi connectivity index (χ4n) is 3.11. The van der Waals surface area contributed by atoms with E-state index < -0.39 is 0 Å². The van der Waals surface area contributed by atoms with Crippen molar-refractivity contribution in [2.45, 2.75) is 13.2 Å². The summed E-state index contributed by atoms with van der Waals surface area (Å²) in [5, 5.41) is 0.324. The van der Waals surface area contributed by atoms with Gasteiger partial charge in [-0.2, -0.15) is 0 Å². The molecule has 0 N–H and O–H groups in total. The molecule has 32 heavy (non-hydrogen) atoms. The third kappa shape index (κ3) is 5.29. The highest BCUT2D eigenvalue weighted by Gasteiger charge is 2.35. The lowest BCUT2D eigenvalue weighted by molar-refractivity contribution is -0.123. The standard InChI is InChI=1S/C24H16Br2ClNO3S/c25-18-9-10-21(31-14-16-6-2-4-8-20(16)27)17(11-18)12-22-23(29)28(24(30)32-22)13-15-5-1-3-7-19(15)26/h1-12H,13-14H2/b22-12+. The van der Waals surface area contributed by atoms with Crippen LogP contribution < -0.4 is 4.74 Å². The Morgan fingerprint density at radius 3 is 2.44 bits per heavy atom. The van der Waals surface area contributed by atoms with Crippen LogP contribution in [0.4, 0.5) is 4.79 Å². The highest BCUT2D eigenvalue weighted by molar-refractivity contribution is 9.10. The SMILES string of the molecule is O=C1S/C(=C/c2cc(Br)ccc2OCc2ccccc2Cl)C(=O)N1Cc1ccccc1Br. The van der Waals surface area contributed by atoms with Gasteiger partial charge in [-0.05, 0) is 53.7 Å². The van der Waals surface area contributed by atoms with Gasteiger partial charge in [0.15, 0.2) is 0 Å². The van der Waals surface area contributed by atoms with Crippen LogP contribution in [-0.2, 0) is 17.9 Å². The normalized spacial score (nSPS) is 15.0.